The van der Waals surface area contributed by atoms with Gasteiger partial charge in [0, 0.05) is 6.42 Å². The largest absolute Gasteiger partial charge is 0.459 e. The third-order valence-electron chi connectivity index (χ3n) is 2.32. The number of halogens is 12. The van der Waals surface area contributed by atoms with Crippen LogP contribution in [0.3, 0.4) is 0 Å². The second-order valence-corrected chi connectivity index (χ2v) is 6.01. The van der Waals surface area contributed by atoms with Gasteiger partial charge in [0.05, 0.1) is 5.75 Å². The zero-order chi connectivity index (χ0) is 19.8. The van der Waals surface area contributed by atoms with Crippen LogP contribution in [0.2, 0.25) is 0 Å². The molecule has 0 aromatic carbocycles. The predicted octanol–water partition coefficient (Wildman–Crippen LogP) is 3.75. The lowest BCUT2D eigenvalue weighted by atomic mass is 10.2. The summed E-state index contributed by atoms with van der Waals surface area (Å²) in [7, 11) is -5.67. The van der Waals surface area contributed by atoms with E-state index in [2.05, 4.69) is 4.18 Å². The van der Waals surface area contributed by atoms with Gasteiger partial charge in [0.2, 0.25) is 0 Å². The Bertz CT molecular complexity index is 531. The highest BCUT2D eigenvalue weighted by molar-refractivity contribution is 7.86. The van der Waals surface area contributed by atoms with Crippen LogP contribution in [0.25, 0.3) is 0 Å². The van der Waals surface area contributed by atoms with Crippen molar-refractivity contribution in [2.45, 2.75) is 36.5 Å². The molecule has 24 heavy (non-hydrogen) atoms. The molecular weight excluding hydrogens is 404 g/mol. The fraction of sp³-hybridized carbons (Fsp3) is 1.00. The van der Waals surface area contributed by atoms with Gasteiger partial charge in [-0.25, -0.2) is 0 Å². The molecule has 0 amide bonds. The van der Waals surface area contributed by atoms with Gasteiger partial charge >= 0.3 is 30.1 Å². The summed E-state index contributed by atoms with van der Waals surface area (Å²) in [5.41, 5.74) is 0. The van der Waals surface area contributed by atoms with Gasteiger partial charge in [-0.15, -0.1) is 0 Å². The van der Waals surface area contributed by atoms with Crippen molar-refractivity contribution in [3.63, 3.8) is 0 Å². The molecule has 0 heterocycles. The van der Waals surface area contributed by atoms with E-state index in [1.54, 1.807) is 0 Å². The second-order valence-electron chi connectivity index (χ2n) is 4.25. The van der Waals surface area contributed by atoms with Crippen molar-refractivity contribution >= 4 is 10.1 Å². The molecule has 0 atom stereocenters. The van der Waals surface area contributed by atoms with Crippen LogP contribution in [0, 0.1) is 0 Å². The third-order valence-corrected chi connectivity index (χ3v) is 3.50. The van der Waals surface area contributed by atoms with Crippen molar-refractivity contribution < 1.29 is 65.3 Å². The van der Waals surface area contributed by atoms with Gasteiger partial charge in [-0.2, -0.15) is 61.1 Å². The summed E-state index contributed by atoms with van der Waals surface area (Å²) in [6.07, 6.45) is -15.5. The van der Waals surface area contributed by atoms with E-state index in [4.69, 9.17) is 0 Å². The van der Waals surface area contributed by atoms with Crippen LogP contribution in [0.5, 0.6) is 0 Å². The fourth-order valence-electron chi connectivity index (χ4n) is 0.916. The molecule has 0 rings (SSSR count). The summed E-state index contributed by atoms with van der Waals surface area (Å²) >= 11 is 0. The monoisotopic (exact) mass is 410 g/mol. The summed E-state index contributed by atoms with van der Waals surface area (Å²) in [6.45, 7) is -3.11. The molecule has 0 aliphatic heterocycles. The quantitative estimate of drug-likeness (QED) is 0.475. The Morgan fingerprint density at radius 1 is 0.667 bits per heavy atom. The standard InChI is InChI=1S/C8H6F12O3S/c9-4(10,7(15,16)17)1-2-24(21,22)23-3-5(11,12)6(13,14)8(18,19)20/h1-3H2. The molecule has 16 heteroatoms. The maximum absolute atomic E-state index is 12.7. The van der Waals surface area contributed by atoms with Crippen LogP contribution in [-0.2, 0) is 14.3 Å². The van der Waals surface area contributed by atoms with Crippen LogP contribution < -0.4 is 0 Å². The maximum Gasteiger partial charge on any atom is 0.459 e. The summed E-state index contributed by atoms with van der Waals surface area (Å²) in [5.74, 6) is -20.7. The average Bonchev–Trinajstić information content (AvgIpc) is 2.32. The number of alkyl halides is 12. The van der Waals surface area contributed by atoms with E-state index >= 15 is 0 Å². The Labute approximate surface area is 125 Å². The van der Waals surface area contributed by atoms with Gasteiger partial charge < -0.3 is 0 Å². The summed E-state index contributed by atoms with van der Waals surface area (Å²) in [6, 6.07) is 0. The van der Waals surface area contributed by atoms with Gasteiger partial charge in [-0.3, -0.25) is 4.18 Å². The minimum Gasteiger partial charge on any atom is -0.263 e. The maximum atomic E-state index is 12.7. The van der Waals surface area contributed by atoms with E-state index < -0.39 is 59.0 Å². The summed E-state index contributed by atoms with van der Waals surface area (Å²) < 4.78 is 170. The van der Waals surface area contributed by atoms with Crippen molar-refractivity contribution in [3.8, 4) is 0 Å². The number of rotatable bonds is 7. The topological polar surface area (TPSA) is 43.4 Å². The zero-order valence-corrected chi connectivity index (χ0v) is 11.6. The highest BCUT2D eigenvalue weighted by atomic mass is 32.2. The molecule has 0 saturated heterocycles. The van der Waals surface area contributed by atoms with Crippen molar-refractivity contribution in [1.29, 1.82) is 0 Å². The summed E-state index contributed by atoms with van der Waals surface area (Å²) in [5, 5.41) is 0. The molecular formula is C8H6F12O3S. The van der Waals surface area contributed by atoms with Gasteiger partial charge in [0.25, 0.3) is 10.1 Å². The molecule has 0 aliphatic carbocycles. The number of hydrogen-bond acceptors (Lipinski definition) is 3. The Morgan fingerprint density at radius 3 is 1.42 bits per heavy atom. The fourth-order valence-corrected chi connectivity index (χ4v) is 1.87. The Kier molecular flexibility index (Phi) is 6.17. The first kappa shape index (κ1) is 23.1. The summed E-state index contributed by atoms with van der Waals surface area (Å²) in [4.78, 5) is 0. The second kappa shape index (κ2) is 6.42. The van der Waals surface area contributed by atoms with Gasteiger partial charge in [0.15, 0.2) is 0 Å². The average molecular weight is 410 g/mol. The van der Waals surface area contributed by atoms with Gasteiger partial charge in [-0.1, -0.05) is 0 Å². The molecule has 0 spiro atoms. The molecule has 0 radical (unpaired) electrons. The van der Waals surface area contributed by atoms with Crippen molar-refractivity contribution in [2.75, 3.05) is 12.4 Å². The van der Waals surface area contributed by atoms with Gasteiger partial charge in [-0.05, 0) is 0 Å². The first-order valence-electron chi connectivity index (χ1n) is 5.30. The van der Waals surface area contributed by atoms with Crippen LogP contribution in [0.4, 0.5) is 52.7 Å². The predicted molar refractivity (Wildman–Crippen MR) is 51.3 cm³/mol. The lowest BCUT2D eigenvalue weighted by Gasteiger charge is -2.27. The third kappa shape index (κ3) is 5.29. The molecule has 0 N–H and O–H groups in total. The van der Waals surface area contributed by atoms with Gasteiger partial charge in [0.1, 0.15) is 6.61 Å². The van der Waals surface area contributed by atoms with Crippen molar-refractivity contribution in [2.24, 2.45) is 0 Å². The normalized spacial score (nSPS) is 15.7. The smallest absolute Gasteiger partial charge is 0.263 e. The highest BCUT2D eigenvalue weighted by Crippen LogP contribution is 2.46. The van der Waals surface area contributed by atoms with E-state index in [0.29, 0.717) is 0 Å². The number of hydrogen-bond donors (Lipinski definition) is 0. The van der Waals surface area contributed by atoms with E-state index in [1.165, 1.54) is 0 Å². The van der Waals surface area contributed by atoms with Crippen molar-refractivity contribution in [1.82, 2.24) is 0 Å². The van der Waals surface area contributed by atoms with Crippen LogP contribution >= 0.6 is 0 Å². The van der Waals surface area contributed by atoms with E-state index in [-0.39, 0.29) is 0 Å². The molecule has 0 fully saturated rings. The Hall–Kier alpha value is -0.930. The molecule has 0 aliphatic rings. The molecule has 0 saturated carbocycles. The molecule has 0 unspecified atom stereocenters. The SMILES string of the molecule is O=S(=O)(CCC(F)(F)C(F)(F)F)OCC(F)(F)C(F)(F)C(F)(F)F. The first-order chi connectivity index (χ1) is 10.2. The zero-order valence-electron chi connectivity index (χ0n) is 10.8. The molecule has 0 aromatic rings. The van der Waals surface area contributed by atoms with E-state index in [1.807, 2.05) is 0 Å². The van der Waals surface area contributed by atoms with E-state index in [0.717, 1.165) is 0 Å². The molecule has 0 bridgehead atoms. The lowest BCUT2D eigenvalue weighted by molar-refractivity contribution is -0.358. The minimum atomic E-state index is -6.80. The molecule has 3 nitrogen and oxygen atoms in total. The van der Waals surface area contributed by atoms with E-state index in [9.17, 15) is 61.1 Å². The van der Waals surface area contributed by atoms with Crippen LogP contribution in [0.1, 0.15) is 6.42 Å². The van der Waals surface area contributed by atoms with Crippen LogP contribution in [-0.4, -0.2) is 50.9 Å². The first-order valence-corrected chi connectivity index (χ1v) is 6.88. The Morgan fingerprint density at radius 2 is 1.08 bits per heavy atom. The highest BCUT2D eigenvalue weighted by Gasteiger charge is 2.73. The van der Waals surface area contributed by atoms with Crippen LogP contribution in [0.15, 0.2) is 0 Å². The minimum absolute atomic E-state index is 2.26. The lowest BCUT2D eigenvalue weighted by Crippen LogP contribution is -2.54. The molecule has 146 valence electrons. The van der Waals surface area contributed by atoms with Crippen molar-refractivity contribution in [3.05, 3.63) is 0 Å². The Balaban J connectivity index is 4.98. The molecule has 0 aromatic heterocycles.